The number of nitro benzene ring substituents is 1. The number of carbonyl (C=O) groups excluding carboxylic acids is 2. The van der Waals surface area contributed by atoms with Gasteiger partial charge in [0.15, 0.2) is 6.61 Å². The zero-order valence-corrected chi connectivity index (χ0v) is 11.3. The summed E-state index contributed by atoms with van der Waals surface area (Å²) in [6, 6.07) is 5.15. The first-order chi connectivity index (χ1) is 9.43. The molecule has 0 spiro atoms. The molecule has 0 heterocycles. The highest BCUT2D eigenvalue weighted by Gasteiger charge is 2.14. The van der Waals surface area contributed by atoms with Gasteiger partial charge < -0.3 is 10.1 Å². The van der Waals surface area contributed by atoms with E-state index in [4.69, 9.17) is 4.74 Å². The van der Waals surface area contributed by atoms with Gasteiger partial charge in [0.2, 0.25) is 0 Å². The van der Waals surface area contributed by atoms with E-state index in [0.717, 1.165) is 12.5 Å². The lowest BCUT2D eigenvalue weighted by atomic mass is 10.2. The van der Waals surface area contributed by atoms with Gasteiger partial charge in [-0.15, -0.1) is 0 Å². The number of hydrogen-bond donors (Lipinski definition) is 1. The number of hydrogen-bond acceptors (Lipinski definition) is 5. The standard InChI is InChI=1S/C13H16N2O5/c1-3-9(2)14-12(16)8-20-13(17)10-5-4-6-11(7-10)15(18)19/h4-7,9H,3,8H2,1-2H3,(H,14,16)/t9-/m1/s1. The van der Waals surface area contributed by atoms with Crippen LogP contribution in [0, 0.1) is 10.1 Å². The minimum atomic E-state index is -0.770. The number of non-ortho nitro benzene ring substituents is 1. The molecule has 0 unspecified atom stereocenters. The van der Waals surface area contributed by atoms with Crippen molar-refractivity contribution in [3.05, 3.63) is 39.9 Å². The SMILES string of the molecule is CC[C@@H](C)NC(=O)COC(=O)c1cccc([N+](=O)[O-])c1. The molecule has 108 valence electrons. The lowest BCUT2D eigenvalue weighted by molar-refractivity contribution is -0.384. The highest BCUT2D eigenvalue weighted by Crippen LogP contribution is 2.13. The number of nitro groups is 1. The topological polar surface area (TPSA) is 98.5 Å². The van der Waals surface area contributed by atoms with Crippen LogP contribution in [-0.4, -0.2) is 29.4 Å². The van der Waals surface area contributed by atoms with Gasteiger partial charge >= 0.3 is 5.97 Å². The molecule has 0 saturated heterocycles. The number of benzene rings is 1. The average Bonchev–Trinajstić information content (AvgIpc) is 2.44. The molecule has 0 bridgehead atoms. The van der Waals surface area contributed by atoms with Crippen LogP contribution < -0.4 is 5.32 Å². The van der Waals surface area contributed by atoms with Crippen molar-refractivity contribution in [2.24, 2.45) is 0 Å². The number of amides is 1. The van der Waals surface area contributed by atoms with Gasteiger partial charge in [0.25, 0.3) is 11.6 Å². The first-order valence-electron chi connectivity index (χ1n) is 6.15. The van der Waals surface area contributed by atoms with Crippen LogP contribution in [-0.2, 0) is 9.53 Å². The molecule has 0 radical (unpaired) electrons. The van der Waals surface area contributed by atoms with E-state index in [1.807, 2.05) is 13.8 Å². The van der Waals surface area contributed by atoms with Crippen LogP contribution >= 0.6 is 0 Å². The molecule has 0 aliphatic heterocycles. The molecule has 1 N–H and O–H groups in total. The van der Waals surface area contributed by atoms with E-state index in [2.05, 4.69) is 5.32 Å². The number of carbonyl (C=O) groups is 2. The Balaban J connectivity index is 2.57. The molecule has 0 fully saturated rings. The summed E-state index contributed by atoms with van der Waals surface area (Å²) < 4.78 is 4.80. The minimum Gasteiger partial charge on any atom is -0.452 e. The summed E-state index contributed by atoms with van der Waals surface area (Å²) in [5, 5.41) is 13.2. The maximum atomic E-state index is 11.7. The van der Waals surface area contributed by atoms with Gasteiger partial charge in [-0.1, -0.05) is 13.0 Å². The molecule has 1 amide bonds. The van der Waals surface area contributed by atoms with Crippen molar-refractivity contribution < 1.29 is 19.2 Å². The maximum absolute atomic E-state index is 11.7. The number of nitrogens with one attached hydrogen (secondary N) is 1. The lowest BCUT2D eigenvalue weighted by Crippen LogP contribution is -2.35. The van der Waals surface area contributed by atoms with Crippen molar-refractivity contribution >= 4 is 17.6 Å². The Bertz CT molecular complexity index is 515. The van der Waals surface area contributed by atoms with E-state index >= 15 is 0 Å². The highest BCUT2D eigenvalue weighted by molar-refractivity contribution is 5.91. The van der Waals surface area contributed by atoms with Crippen molar-refractivity contribution in [1.82, 2.24) is 5.32 Å². The summed E-state index contributed by atoms with van der Waals surface area (Å²) >= 11 is 0. The molecule has 0 saturated carbocycles. The smallest absolute Gasteiger partial charge is 0.338 e. The van der Waals surface area contributed by atoms with Crippen LogP contribution in [0.4, 0.5) is 5.69 Å². The molecule has 0 aliphatic rings. The van der Waals surface area contributed by atoms with Gasteiger partial charge in [-0.2, -0.15) is 0 Å². The van der Waals surface area contributed by atoms with Crippen LogP contribution in [0.25, 0.3) is 0 Å². The molecule has 1 rings (SSSR count). The summed E-state index contributed by atoms with van der Waals surface area (Å²) in [5.74, 6) is -1.17. The van der Waals surface area contributed by atoms with Crippen LogP contribution in [0.3, 0.4) is 0 Å². The molecule has 7 heteroatoms. The van der Waals surface area contributed by atoms with Gasteiger partial charge in [0.1, 0.15) is 0 Å². The largest absolute Gasteiger partial charge is 0.452 e. The lowest BCUT2D eigenvalue weighted by Gasteiger charge is -2.11. The predicted octanol–water partition coefficient (Wildman–Crippen LogP) is 1.67. The fourth-order valence-corrected chi connectivity index (χ4v) is 1.38. The Hall–Kier alpha value is -2.44. The van der Waals surface area contributed by atoms with Crippen molar-refractivity contribution in [3.63, 3.8) is 0 Å². The van der Waals surface area contributed by atoms with Gasteiger partial charge in [-0.25, -0.2) is 4.79 Å². The van der Waals surface area contributed by atoms with E-state index in [0.29, 0.717) is 0 Å². The molecule has 0 aromatic heterocycles. The normalized spacial score (nSPS) is 11.5. The fourth-order valence-electron chi connectivity index (χ4n) is 1.38. The number of esters is 1. The highest BCUT2D eigenvalue weighted by atomic mass is 16.6. The quantitative estimate of drug-likeness (QED) is 0.485. The van der Waals surface area contributed by atoms with Crippen molar-refractivity contribution in [3.8, 4) is 0 Å². The number of nitrogens with zero attached hydrogens (tertiary/aromatic N) is 1. The summed E-state index contributed by atoms with van der Waals surface area (Å²) in [6.45, 7) is 3.34. The van der Waals surface area contributed by atoms with Gasteiger partial charge in [-0.05, 0) is 19.4 Å². The van der Waals surface area contributed by atoms with E-state index < -0.39 is 23.4 Å². The second-order valence-corrected chi connectivity index (χ2v) is 4.26. The zero-order valence-electron chi connectivity index (χ0n) is 11.3. The van der Waals surface area contributed by atoms with E-state index in [1.165, 1.54) is 18.2 Å². The Morgan fingerprint density at radius 2 is 2.15 bits per heavy atom. The van der Waals surface area contributed by atoms with Crippen LogP contribution in [0.2, 0.25) is 0 Å². The van der Waals surface area contributed by atoms with Crippen LogP contribution in [0.1, 0.15) is 30.6 Å². The van der Waals surface area contributed by atoms with E-state index in [-0.39, 0.29) is 17.3 Å². The number of rotatable bonds is 6. The number of ether oxygens (including phenoxy) is 1. The molecular formula is C13H16N2O5. The molecule has 0 aliphatic carbocycles. The first-order valence-corrected chi connectivity index (χ1v) is 6.15. The van der Waals surface area contributed by atoms with Crippen molar-refractivity contribution in [1.29, 1.82) is 0 Å². The molecule has 1 aromatic carbocycles. The molecule has 1 aromatic rings. The average molecular weight is 280 g/mol. The maximum Gasteiger partial charge on any atom is 0.338 e. The van der Waals surface area contributed by atoms with Crippen LogP contribution in [0.5, 0.6) is 0 Å². The third-order valence-electron chi connectivity index (χ3n) is 2.65. The third-order valence-corrected chi connectivity index (χ3v) is 2.65. The Kier molecular flexibility index (Phi) is 5.64. The minimum absolute atomic E-state index is 0.000912. The van der Waals surface area contributed by atoms with Crippen molar-refractivity contribution in [2.45, 2.75) is 26.3 Å². The van der Waals surface area contributed by atoms with E-state index in [1.54, 1.807) is 0 Å². The molecule has 1 atom stereocenters. The third kappa shape index (κ3) is 4.68. The summed E-state index contributed by atoms with van der Waals surface area (Å²) in [6.07, 6.45) is 0.768. The van der Waals surface area contributed by atoms with Gasteiger partial charge in [0, 0.05) is 18.2 Å². The predicted molar refractivity (Wildman–Crippen MR) is 71.3 cm³/mol. The second kappa shape index (κ2) is 7.22. The molecular weight excluding hydrogens is 264 g/mol. The summed E-state index contributed by atoms with van der Waals surface area (Å²) in [5.41, 5.74) is -0.168. The van der Waals surface area contributed by atoms with Gasteiger partial charge in [0.05, 0.1) is 10.5 Å². The van der Waals surface area contributed by atoms with Gasteiger partial charge in [-0.3, -0.25) is 14.9 Å². The monoisotopic (exact) mass is 280 g/mol. The van der Waals surface area contributed by atoms with Crippen molar-refractivity contribution in [2.75, 3.05) is 6.61 Å². The molecule has 7 nitrogen and oxygen atoms in total. The Labute approximate surface area is 116 Å². The second-order valence-electron chi connectivity index (χ2n) is 4.26. The Morgan fingerprint density at radius 1 is 1.45 bits per heavy atom. The Morgan fingerprint density at radius 3 is 2.75 bits per heavy atom. The fraction of sp³-hybridized carbons (Fsp3) is 0.385. The van der Waals surface area contributed by atoms with E-state index in [9.17, 15) is 19.7 Å². The first kappa shape index (κ1) is 15.6. The summed E-state index contributed by atoms with van der Waals surface area (Å²) in [7, 11) is 0. The summed E-state index contributed by atoms with van der Waals surface area (Å²) in [4.78, 5) is 33.1. The molecule has 20 heavy (non-hydrogen) atoms. The zero-order chi connectivity index (χ0) is 15.1. The van der Waals surface area contributed by atoms with Crippen LogP contribution in [0.15, 0.2) is 24.3 Å².